The maximum absolute atomic E-state index is 11.3. The standard InChI is InChI=1S/C13H19N3O/c1-3-14-6-7-16(2)11-4-5-12-10(8-11)9-13(17)15-12/h4-5,8,14H,3,6-7,9H2,1-2H3,(H,15,17). The van der Waals surface area contributed by atoms with Gasteiger partial charge in [0.25, 0.3) is 0 Å². The molecule has 0 saturated carbocycles. The van der Waals surface area contributed by atoms with E-state index < -0.39 is 0 Å². The van der Waals surface area contributed by atoms with Gasteiger partial charge in [-0.25, -0.2) is 0 Å². The van der Waals surface area contributed by atoms with Crippen LogP contribution in [0.25, 0.3) is 0 Å². The number of carbonyl (C=O) groups is 1. The third-order valence-electron chi connectivity index (χ3n) is 3.03. The van der Waals surface area contributed by atoms with Crippen LogP contribution in [0.1, 0.15) is 12.5 Å². The summed E-state index contributed by atoms with van der Waals surface area (Å²) in [5, 5.41) is 6.15. The number of fused-ring (bicyclic) bond motifs is 1. The van der Waals surface area contributed by atoms with E-state index in [4.69, 9.17) is 0 Å². The van der Waals surface area contributed by atoms with E-state index in [-0.39, 0.29) is 5.91 Å². The molecular weight excluding hydrogens is 214 g/mol. The first-order valence-corrected chi connectivity index (χ1v) is 6.05. The minimum atomic E-state index is 0.0902. The van der Waals surface area contributed by atoms with Gasteiger partial charge in [-0.05, 0) is 30.3 Å². The maximum Gasteiger partial charge on any atom is 0.228 e. The van der Waals surface area contributed by atoms with Gasteiger partial charge in [-0.2, -0.15) is 0 Å². The third kappa shape index (κ3) is 2.77. The zero-order chi connectivity index (χ0) is 12.3. The Morgan fingerprint density at radius 2 is 2.29 bits per heavy atom. The highest BCUT2D eigenvalue weighted by Gasteiger charge is 2.17. The zero-order valence-corrected chi connectivity index (χ0v) is 10.4. The fourth-order valence-corrected chi connectivity index (χ4v) is 2.01. The molecule has 1 aromatic carbocycles. The normalized spacial score (nSPS) is 13.4. The van der Waals surface area contributed by atoms with Crippen LogP contribution in [0.15, 0.2) is 18.2 Å². The summed E-state index contributed by atoms with van der Waals surface area (Å²) in [4.78, 5) is 13.5. The summed E-state index contributed by atoms with van der Waals surface area (Å²) in [6.45, 7) is 5.04. The van der Waals surface area contributed by atoms with Gasteiger partial charge in [-0.3, -0.25) is 4.79 Å². The van der Waals surface area contributed by atoms with E-state index in [1.807, 2.05) is 6.07 Å². The summed E-state index contributed by atoms with van der Waals surface area (Å²) in [5.74, 6) is 0.0902. The molecule has 0 aromatic heterocycles. The van der Waals surface area contributed by atoms with Crippen LogP contribution >= 0.6 is 0 Å². The second-order valence-electron chi connectivity index (χ2n) is 4.34. The molecule has 0 unspecified atom stereocenters. The van der Waals surface area contributed by atoms with Gasteiger partial charge in [-0.15, -0.1) is 0 Å². The van der Waals surface area contributed by atoms with Gasteiger partial charge in [0.15, 0.2) is 0 Å². The van der Waals surface area contributed by atoms with Crippen LogP contribution in [0.3, 0.4) is 0 Å². The molecule has 1 aromatic rings. The average molecular weight is 233 g/mol. The number of anilines is 2. The Hall–Kier alpha value is -1.55. The highest BCUT2D eigenvalue weighted by molar-refractivity contribution is 5.99. The lowest BCUT2D eigenvalue weighted by atomic mass is 10.1. The lowest BCUT2D eigenvalue weighted by Gasteiger charge is -2.20. The summed E-state index contributed by atoms with van der Waals surface area (Å²) in [7, 11) is 2.07. The number of hydrogen-bond donors (Lipinski definition) is 2. The van der Waals surface area contributed by atoms with E-state index in [1.165, 1.54) is 0 Å². The summed E-state index contributed by atoms with van der Waals surface area (Å²) in [6.07, 6.45) is 0.504. The molecule has 1 heterocycles. The summed E-state index contributed by atoms with van der Waals surface area (Å²) < 4.78 is 0. The van der Waals surface area contributed by atoms with E-state index in [9.17, 15) is 4.79 Å². The number of benzene rings is 1. The maximum atomic E-state index is 11.3. The van der Waals surface area contributed by atoms with Crippen molar-refractivity contribution in [2.24, 2.45) is 0 Å². The number of carbonyl (C=O) groups excluding carboxylic acids is 1. The Balaban J connectivity index is 2.02. The molecule has 1 aliphatic rings. The largest absolute Gasteiger partial charge is 0.373 e. The minimum absolute atomic E-state index is 0.0902. The van der Waals surface area contributed by atoms with Crippen LogP contribution in [-0.2, 0) is 11.2 Å². The molecule has 0 aliphatic carbocycles. The van der Waals surface area contributed by atoms with Crippen molar-refractivity contribution < 1.29 is 4.79 Å². The molecule has 0 bridgehead atoms. The Labute approximate surface area is 102 Å². The SMILES string of the molecule is CCNCCN(C)c1ccc2c(c1)CC(=O)N2. The third-order valence-corrected chi connectivity index (χ3v) is 3.03. The summed E-state index contributed by atoms with van der Waals surface area (Å²) in [6, 6.07) is 6.13. The highest BCUT2D eigenvalue weighted by Crippen LogP contribution is 2.27. The molecule has 0 radical (unpaired) electrons. The Morgan fingerprint density at radius 1 is 1.47 bits per heavy atom. The van der Waals surface area contributed by atoms with Crippen molar-refractivity contribution in [1.82, 2.24) is 5.32 Å². The first-order valence-electron chi connectivity index (χ1n) is 6.05. The second kappa shape index (κ2) is 5.19. The fraction of sp³-hybridized carbons (Fsp3) is 0.462. The molecular formula is C13H19N3O. The van der Waals surface area contributed by atoms with Crippen LogP contribution in [0.2, 0.25) is 0 Å². The van der Waals surface area contributed by atoms with E-state index in [0.717, 1.165) is 36.6 Å². The molecule has 1 amide bonds. The molecule has 4 nitrogen and oxygen atoms in total. The van der Waals surface area contributed by atoms with Gasteiger partial charge in [0.2, 0.25) is 5.91 Å². The molecule has 0 fully saturated rings. The van der Waals surface area contributed by atoms with Crippen molar-refractivity contribution in [2.45, 2.75) is 13.3 Å². The number of amides is 1. The number of rotatable bonds is 5. The molecule has 2 rings (SSSR count). The van der Waals surface area contributed by atoms with Crippen LogP contribution in [0.4, 0.5) is 11.4 Å². The van der Waals surface area contributed by atoms with Gasteiger partial charge >= 0.3 is 0 Å². The van der Waals surface area contributed by atoms with Crippen LogP contribution in [-0.4, -0.2) is 32.6 Å². The van der Waals surface area contributed by atoms with Crippen molar-refractivity contribution in [1.29, 1.82) is 0 Å². The van der Waals surface area contributed by atoms with E-state index in [0.29, 0.717) is 6.42 Å². The second-order valence-corrected chi connectivity index (χ2v) is 4.34. The van der Waals surface area contributed by atoms with Gasteiger partial charge in [-0.1, -0.05) is 6.92 Å². The Bertz CT molecular complexity index is 417. The minimum Gasteiger partial charge on any atom is -0.373 e. The molecule has 0 saturated heterocycles. The molecule has 4 heteroatoms. The van der Waals surface area contributed by atoms with E-state index in [1.54, 1.807) is 0 Å². The number of nitrogens with one attached hydrogen (secondary N) is 2. The monoisotopic (exact) mass is 233 g/mol. The predicted octanol–water partition coefficient (Wildman–Crippen LogP) is 1.23. The van der Waals surface area contributed by atoms with Gasteiger partial charge in [0.1, 0.15) is 0 Å². The van der Waals surface area contributed by atoms with Gasteiger partial charge < -0.3 is 15.5 Å². The van der Waals surface area contributed by atoms with Gasteiger partial charge in [0.05, 0.1) is 6.42 Å². The predicted molar refractivity (Wildman–Crippen MR) is 70.6 cm³/mol. The molecule has 2 N–H and O–H groups in total. The van der Waals surface area contributed by atoms with Crippen molar-refractivity contribution in [3.8, 4) is 0 Å². The lowest BCUT2D eigenvalue weighted by molar-refractivity contribution is -0.115. The van der Waals surface area contributed by atoms with Crippen molar-refractivity contribution in [3.05, 3.63) is 23.8 Å². The quantitative estimate of drug-likeness (QED) is 0.752. The van der Waals surface area contributed by atoms with Crippen molar-refractivity contribution >= 4 is 17.3 Å². The molecule has 17 heavy (non-hydrogen) atoms. The van der Waals surface area contributed by atoms with Crippen LogP contribution in [0, 0.1) is 0 Å². The summed E-state index contributed by atoms with van der Waals surface area (Å²) >= 11 is 0. The van der Waals surface area contributed by atoms with Gasteiger partial charge in [0, 0.05) is 31.5 Å². The molecule has 1 aliphatic heterocycles. The van der Waals surface area contributed by atoms with Crippen LogP contribution in [0.5, 0.6) is 0 Å². The summed E-state index contributed by atoms with van der Waals surface area (Å²) in [5.41, 5.74) is 3.22. The average Bonchev–Trinajstić information content (AvgIpc) is 2.68. The van der Waals surface area contributed by atoms with E-state index >= 15 is 0 Å². The first-order chi connectivity index (χ1) is 8.20. The molecule has 0 atom stereocenters. The fourth-order valence-electron chi connectivity index (χ4n) is 2.01. The smallest absolute Gasteiger partial charge is 0.228 e. The Kier molecular flexibility index (Phi) is 3.64. The van der Waals surface area contributed by atoms with Crippen molar-refractivity contribution in [3.63, 3.8) is 0 Å². The van der Waals surface area contributed by atoms with Crippen LogP contribution < -0.4 is 15.5 Å². The molecule has 0 spiro atoms. The van der Waals surface area contributed by atoms with E-state index in [2.05, 4.69) is 41.6 Å². The number of nitrogens with zero attached hydrogens (tertiary/aromatic N) is 1. The Morgan fingerprint density at radius 3 is 3.06 bits per heavy atom. The van der Waals surface area contributed by atoms with Crippen molar-refractivity contribution in [2.75, 3.05) is 36.9 Å². The lowest BCUT2D eigenvalue weighted by Crippen LogP contribution is -2.28. The topological polar surface area (TPSA) is 44.4 Å². The number of likely N-dealkylation sites (N-methyl/N-ethyl adjacent to an activating group) is 2. The number of hydrogen-bond acceptors (Lipinski definition) is 3. The molecule has 92 valence electrons. The first kappa shape index (κ1) is 11.9. The zero-order valence-electron chi connectivity index (χ0n) is 10.4. The highest BCUT2D eigenvalue weighted by atomic mass is 16.1.